The summed E-state index contributed by atoms with van der Waals surface area (Å²) >= 11 is 12.1. The minimum absolute atomic E-state index is 0.0348. The van der Waals surface area contributed by atoms with Crippen LogP contribution in [0.15, 0.2) is 41.3 Å². The van der Waals surface area contributed by atoms with Gasteiger partial charge in [0.1, 0.15) is 5.02 Å². The molecular formula is C17H19Cl2N3O4S. The Balaban J connectivity index is 1.99. The van der Waals surface area contributed by atoms with Crippen molar-refractivity contribution in [1.82, 2.24) is 10.0 Å². The molecule has 0 radical (unpaired) electrons. The molecule has 2 rings (SSSR count). The van der Waals surface area contributed by atoms with E-state index in [1.807, 2.05) is 6.92 Å². The summed E-state index contributed by atoms with van der Waals surface area (Å²) in [5.41, 5.74) is 1.13. The van der Waals surface area contributed by atoms with Crippen molar-refractivity contribution < 1.29 is 13.3 Å². The third-order valence-electron chi connectivity index (χ3n) is 3.90. The van der Waals surface area contributed by atoms with E-state index in [2.05, 4.69) is 10.0 Å². The molecule has 2 aromatic carbocycles. The van der Waals surface area contributed by atoms with Gasteiger partial charge in [-0.05, 0) is 32.0 Å². The van der Waals surface area contributed by atoms with Gasteiger partial charge in [-0.15, -0.1) is 0 Å². The Morgan fingerprint density at radius 3 is 2.37 bits per heavy atom. The van der Waals surface area contributed by atoms with Crippen LogP contribution < -0.4 is 10.0 Å². The van der Waals surface area contributed by atoms with Gasteiger partial charge >= 0.3 is 0 Å². The molecule has 0 saturated carbocycles. The molecule has 0 aliphatic heterocycles. The molecule has 2 N–H and O–H groups in total. The summed E-state index contributed by atoms with van der Waals surface area (Å²) in [6.07, 6.45) is 0. The number of nitro benzene ring substituents is 1. The van der Waals surface area contributed by atoms with Crippen molar-refractivity contribution in [2.24, 2.45) is 0 Å². The Bertz CT molecular complexity index is 934. The highest BCUT2D eigenvalue weighted by Crippen LogP contribution is 2.33. The summed E-state index contributed by atoms with van der Waals surface area (Å²) in [6, 6.07) is 8.92. The van der Waals surface area contributed by atoms with E-state index in [-0.39, 0.29) is 34.7 Å². The Kier molecular flexibility index (Phi) is 7.19. The second kappa shape index (κ2) is 8.99. The molecule has 146 valence electrons. The van der Waals surface area contributed by atoms with E-state index in [0.717, 1.165) is 5.56 Å². The van der Waals surface area contributed by atoms with E-state index in [1.165, 1.54) is 12.1 Å². The van der Waals surface area contributed by atoms with Crippen LogP contribution >= 0.6 is 23.2 Å². The summed E-state index contributed by atoms with van der Waals surface area (Å²) in [5.74, 6) is 0. The Morgan fingerprint density at radius 2 is 1.78 bits per heavy atom. The first-order valence-electron chi connectivity index (χ1n) is 8.03. The molecular weight excluding hydrogens is 413 g/mol. The van der Waals surface area contributed by atoms with Gasteiger partial charge in [0, 0.05) is 35.8 Å². The highest BCUT2D eigenvalue weighted by molar-refractivity contribution is 7.89. The molecule has 27 heavy (non-hydrogen) atoms. The lowest BCUT2D eigenvalue weighted by Crippen LogP contribution is -2.38. The summed E-state index contributed by atoms with van der Waals surface area (Å²) in [4.78, 5) is 10.6. The lowest BCUT2D eigenvalue weighted by molar-refractivity contribution is -0.384. The van der Waals surface area contributed by atoms with Crippen molar-refractivity contribution in [2.75, 3.05) is 6.54 Å². The monoisotopic (exact) mass is 431 g/mol. The van der Waals surface area contributed by atoms with Crippen molar-refractivity contribution in [3.05, 3.63) is 67.7 Å². The van der Waals surface area contributed by atoms with Crippen LogP contribution in [-0.2, 0) is 16.6 Å². The Hall–Kier alpha value is -1.71. The van der Waals surface area contributed by atoms with Crippen molar-refractivity contribution in [3.8, 4) is 0 Å². The summed E-state index contributed by atoms with van der Waals surface area (Å²) in [6.45, 7) is 3.93. The number of aryl methyl sites for hydroxylation is 1. The summed E-state index contributed by atoms with van der Waals surface area (Å²) in [5, 5.41) is 14.3. The number of rotatable bonds is 8. The number of hydrogen-bond donors (Lipinski definition) is 2. The number of nitro groups is 1. The second-order valence-electron chi connectivity index (χ2n) is 6.06. The molecule has 0 bridgehead atoms. The van der Waals surface area contributed by atoms with Gasteiger partial charge in [-0.25, -0.2) is 13.1 Å². The SMILES string of the molecule is Cc1ccc(S(=O)(=O)NCC(C)NCc2c(Cl)ccc([N+](=O)[O-])c2Cl)cc1. The first-order valence-corrected chi connectivity index (χ1v) is 10.3. The quantitative estimate of drug-likeness (QED) is 0.490. The van der Waals surface area contributed by atoms with E-state index in [0.29, 0.717) is 10.6 Å². The molecule has 0 fully saturated rings. The van der Waals surface area contributed by atoms with Gasteiger partial charge in [0.05, 0.1) is 9.82 Å². The van der Waals surface area contributed by atoms with E-state index in [9.17, 15) is 18.5 Å². The van der Waals surface area contributed by atoms with Crippen LogP contribution in [0.1, 0.15) is 18.1 Å². The van der Waals surface area contributed by atoms with Crippen molar-refractivity contribution in [1.29, 1.82) is 0 Å². The summed E-state index contributed by atoms with van der Waals surface area (Å²) in [7, 11) is -3.62. The topological polar surface area (TPSA) is 101 Å². The van der Waals surface area contributed by atoms with Gasteiger partial charge in [-0.2, -0.15) is 0 Å². The van der Waals surface area contributed by atoms with Gasteiger partial charge in [-0.3, -0.25) is 10.1 Å². The minimum atomic E-state index is -3.62. The number of benzene rings is 2. The molecule has 0 aliphatic rings. The fourth-order valence-electron chi connectivity index (χ4n) is 2.27. The number of nitrogens with one attached hydrogen (secondary N) is 2. The van der Waals surface area contributed by atoms with Gasteiger partial charge < -0.3 is 5.32 Å². The van der Waals surface area contributed by atoms with Crippen LogP contribution in [0.25, 0.3) is 0 Å². The lowest BCUT2D eigenvalue weighted by atomic mass is 10.2. The second-order valence-corrected chi connectivity index (χ2v) is 8.62. The Labute approximate surface area is 167 Å². The number of nitrogens with zero attached hydrogens (tertiary/aromatic N) is 1. The molecule has 1 unspecified atom stereocenters. The number of sulfonamides is 1. The fraction of sp³-hybridized carbons (Fsp3) is 0.294. The zero-order valence-corrected chi connectivity index (χ0v) is 17.0. The molecule has 2 aromatic rings. The maximum Gasteiger partial charge on any atom is 0.288 e. The number of hydrogen-bond acceptors (Lipinski definition) is 5. The first-order chi connectivity index (χ1) is 12.6. The largest absolute Gasteiger partial charge is 0.309 e. The molecule has 7 nitrogen and oxygen atoms in total. The molecule has 10 heteroatoms. The smallest absolute Gasteiger partial charge is 0.288 e. The average molecular weight is 432 g/mol. The van der Waals surface area contributed by atoms with Gasteiger partial charge in [0.15, 0.2) is 0 Å². The highest BCUT2D eigenvalue weighted by atomic mass is 35.5. The van der Waals surface area contributed by atoms with Crippen molar-refractivity contribution in [2.45, 2.75) is 31.3 Å². The molecule has 1 atom stereocenters. The van der Waals surface area contributed by atoms with Crippen LogP contribution in [0.4, 0.5) is 5.69 Å². The van der Waals surface area contributed by atoms with Crippen LogP contribution in [0, 0.1) is 17.0 Å². The van der Waals surface area contributed by atoms with Gasteiger partial charge in [-0.1, -0.05) is 40.9 Å². The van der Waals surface area contributed by atoms with Crippen LogP contribution in [-0.4, -0.2) is 25.9 Å². The number of halogens is 2. The molecule has 0 heterocycles. The zero-order valence-electron chi connectivity index (χ0n) is 14.7. The molecule has 0 saturated heterocycles. The predicted octanol–water partition coefficient (Wildman–Crippen LogP) is 3.67. The maximum atomic E-state index is 12.3. The maximum absolute atomic E-state index is 12.3. The highest BCUT2D eigenvalue weighted by Gasteiger charge is 2.19. The average Bonchev–Trinajstić information content (AvgIpc) is 2.60. The predicted molar refractivity (Wildman–Crippen MR) is 106 cm³/mol. The van der Waals surface area contributed by atoms with E-state index in [4.69, 9.17) is 23.2 Å². The van der Waals surface area contributed by atoms with E-state index < -0.39 is 14.9 Å². The normalized spacial score (nSPS) is 12.7. The third-order valence-corrected chi connectivity index (χ3v) is 6.12. The van der Waals surface area contributed by atoms with Crippen LogP contribution in [0.3, 0.4) is 0 Å². The van der Waals surface area contributed by atoms with Crippen LogP contribution in [0.5, 0.6) is 0 Å². The molecule has 0 spiro atoms. The van der Waals surface area contributed by atoms with Crippen molar-refractivity contribution in [3.63, 3.8) is 0 Å². The lowest BCUT2D eigenvalue weighted by Gasteiger charge is -2.16. The molecule has 0 amide bonds. The fourth-order valence-corrected chi connectivity index (χ4v) is 3.98. The third kappa shape index (κ3) is 5.63. The molecule has 0 aromatic heterocycles. The first kappa shape index (κ1) is 21.6. The standard InChI is InChI=1S/C17H19Cl2N3O4S/c1-11-3-5-13(6-4-11)27(25,26)21-9-12(2)20-10-14-15(18)7-8-16(17(14)19)22(23)24/h3-8,12,20-21H,9-10H2,1-2H3. The minimum Gasteiger partial charge on any atom is -0.309 e. The van der Waals surface area contributed by atoms with E-state index in [1.54, 1.807) is 31.2 Å². The zero-order chi connectivity index (χ0) is 20.2. The Morgan fingerprint density at radius 1 is 1.15 bits per heavy atom. The van der Waals surface area contributed by atoms with Gasteiger partial charge in [0.25, 0.3) is 5.69 Å². The van der Waals surface area contributed by atoms with E-state index >= 15 is 0 Å². The van der Waals surface area contributed by atoms with Crippen molar-refractivity contribution >= 4 is 38.9 Å². The molecule has 0 aliphatic carbocycles. The van der Waals surface area contributed by atoms with Crippen LogP contribution in [0.2, 0.25) is 10.0 Å². The van der Waals surface area contributed by atoms with Gasteiger partial charge in [0.2, 0.25) is 10.0 Å². The summed E-state index contributed by atoms with van der Waals surface area (Å²) < 4.78 is 27.1.